The first-order chi connectivity index (χ1) is 6.70. The monoisotopic (exact) mass is 198 g/mol. The molecule has 0 bridgehead atoms. The highest BCUT2D eigenvalue weighted by Crippen LogP contribution is 2.27. The second-order valence-electron chi connectivity index (χ2n) is 3.05. The van der Waals surface area contributed by atoms with Gasteiger partial charge in [-0.1, -0.05) is 12.1 Å². The highest BCUT2D eigenvalue weighted by Gasteiger charge is 2.14. The molecule has 0 spiro atoms. The summed E-state index contributed by atoms with van der Waals surface area (Å²) in [6, 6.07) is 4.44. The van der Waals surface area contributed by atoms with Crippen LogP contribution in [0.2, 0.25) is 0 Å². The standard InChI is InChI=1S/C10H15FN2O/c1-14-10-7(9(13)5-6-12)3-2-4-8(10)11/h2-4,9H,5-6,12-13H2,1H3/t9-/m1/s1. The zero-order valence-corrected chi connectivity index (χ0v) is 8.16. The van der Waals surface area contributed by atoms with E-state index in [-0.39, 0.29) is 11.8 Å². The van der Waals surface area contributed by atoms with Gasteiger partial charge in [0.1, 0.15) is 0 Å². The highest BCUT2D eigenvalue weighted by atomic mass is 19.1. The first kappa shape index (κ1) is 10.9. The van der Waals surface area contributed by atoms with Gasteiger partial charge in [-0.05, 0) is 19.0 Å². The summed E-state index contributed by atoms with van der Waals surface area (Å²) in [5.41, 5.74) is 11.9. The van der Waals surface area contributed by atoms with Crippen molar-refractivity contribution in [3.63, 3.8) is 0 Å². The lowest BCUT2D eigenvalue weighted by molar-refractivity contribution is 0.377. The average Bonchev–Trinajstić information content (AvgIpc) is 2.17. The quantitative estimate of drug-likeness (QED) is 0.763. The lowest BCUT2D eigenvalue weighted by Crippen LogP contribution is -2.16. The van der Waals surface area contributed by atoms with E-state index in [1.807, 2.05) is 0 Å². The molecule has 1 atom stereocenters. The molecule has 78 valence electrons. The molecule has 0 aromatic heterocycles. The third kappa shape index (κ3) is 2.21. The fraction of sp³-hybridized carbons (Fsp3) is 0.400. The van der Waals surface area contributed by atoms with Crippen LogP contribution < -0.4 is 16.2 Å². The van der Waals surface area contributed by atoms with Crippen LogP contribution in [0, 0.1) is 5.82 Å². The Kier molecular flexibility index (Phi) is 3.85. The van der Waals surface area contributed by atoms with Gasteiger partial charge < -0.3 is 16.2 Å². The number of hydrogen-bond donors (Lipinski definition) is 2. The maximum atomic E-state index is 13.2. The second kappa shape index (κ2) is 4.93. The van der Waals surface area contributed by atoms with Crippen LogP contribution in [-0.4, -0.2) is 13.7 Å². The summed E-state index contributed by atoms with van der Waals surface area (Å²) < 4.78 is 18.2. The second-order valence-corrected chi connectivity index (χ2v) is 3.05. The van der Waals surface area contributed by atoms with Crippen LogP contribution in [0.4, 0.5) is 4.39 Å². The summed E-state index contributed by atoms with van der Waals surface area (Å²) in [6.07, 6.45) is 0.611. The highest BCUT2D eigenvalue weighted by molar-refractivity contribution is 5.37. The Bertz CT molecular complexity index is 304. The Hall–Kier alpha value is -1.13. The maximum absolute atomic E-state index is 13.2. The number of nitrogens with two attached hydrogens (primary N) is 2. The normalized spacial score (nSPS) is 12.6. The van der Waals surface area contributed by atoms with Gasteiger partial charge in [0.2, 0.25) is 0 Å². The minimum absolute atomic E-state index is 0.216. The number of para-hydroxylation sites is 1. The number of methoxy groups -OCH3 is 1. The van der Waals surface area contributed by atoms with Crippen LogP contribution in [0.3, 0.4) is 0 Å². The minimum atomic E-state index is -0.391. The molecule has 4 heteroatoms. The molecule has 0 amide bonds. The van der Waals surface area contributed by atoms with E-state index in [0.717, 1.165) is 0 Å². The van der Waals surface area contributed by atoms with Crippen LogP contribution in [0.25, 0.3) is 0 Å². The number of hydrogen-bond acceptors (Lipinski definition) is 3. The fourth-order valence-corrected chi connectivity index (χ4v) is 1.37. The topological polar surface area (TPSA) is 61.3 Å². The van der Waals surface area contributed by atoms with Gasteiger partial charge in [0.15, 0.2) is 11.6 Å². The van der Waals surface area contributed by atoms with Gasteiger partial charge in [0, 0.05) is 11.6 Å². The van der Waals surface area contributed by atoms with Crippen molar-refractivity contribution in [1.82, 2.24) is 0 Å². The van der Waals surface area contributed by atoms with Crippen molar-refractivity contribution in [1.29, 1.82) is 0 Å². The van der Waals surface area contributed by atoms with Crippen molar-refractivity contribution in [2.75, 3.05) is 13.7 Å². The van der Waals surface area contributed by atoms with E-state index in [4.69, 9.17) is 16.2 Å². The largest absolute Gasteiger partial charge is 0.493 e. The lowest BCUT2D eigenvalue weighted by atomic mass is 10.0. The predicted molar refractivity (Wildman–Crippen MR) is 53.6 cm³/mol. The number of rotatable bonds is 4. The molecule has 0 radical (unpaired) electrons. The lowest BCUT2D eigenvalue weighted by Gasteiger charge is -2.15. The molecule has 0 saturated heterocycles. The van der Waals surface area contributed by atoms with Crippen molar-refractivity contribution >= 4 is 0 Å². The molecule has 14 heavy (non-hydrogen) atoms. The first-order valence-corrected chi connectivity index (χ1v) is 4.48. The van der Waals surface area contributed by atoms with Crippen molar-refractivity contribution in [3.8, 4) is 5.75 Å². The Morgan fingerprint density at radius 2 is 2.21 bits per heavy atom. The van der Waals surface area contributed by atoms with Crippen LogP contribution >= 0.6 is 0 Å². The van der Waals surface area contributed by atoms with Crippen LogP contribution in [-0.2, 0) is 0 Å². The van der Waals surface area contributed by atoms with E-state index in [2.05, 4.69) is 0 Å². The summed E-state index contributed by atoms with van der Waals surface area (Å²) in [5.74, 6) is -0.175. The predicted octanol–water partition coefficient (Wildman–Crippen LogP) is 1.18. The van der Waals surface area contributed by atoms with Crippen molar-refractivity contribution < 1.29 is 9.13 Å². The van der Waals surface area contributed by atoms with E-state index >= 15 is 0 Å². The molecule has 0 heterocycles. The zero-order chi connectivity index (χ0) is 10.6. The smallest absolute Gasteiger partial charge is 0.165 e. The molecule has 3 nitrogen and oxygen atoms in total. The molecular weight excluding hydrogens is 183 g/mol. The van der Waals surface area contributed by atoms with Gasteiger partial charge in [0.25, 0.3) is 0 Å². The molecule has 4 N–H and O–H groups in total. The molecule has 0 aliphatic heterocycles. The molecule has 0 aliphatic carbocycles. The summed E-state index contributed by atoms with van der Waals surface area (Å²) in [4.78, 5) is 0. The summed E-state index contributed by atoms with van der Waals surface area (Å²) >= 11 is 0. The van der Waals surface area contributed by atoms with Gasteiger partial charge in [-0.15, -0.1) is 0 Å². The first-order valence-electron chi connectivity index (χ1n) is 4.48. The Labute approximate surface area is 82.9 Å². The van der Waals surface area contributed by atoms with E-state index < -0.39 is 5.82 Å². The molecule has 1 aromatic carbocycles. The van der Waals surface area contributed by atoms with E-state index in [1.165, 1.54) is 13.2 Å². The molecule has 0 unspecified atom stereocenters. The number of ether oxygens (including phenoxy) is 1. The Morgan fingerprint density at radius 1 is 1.50 bits per heavy atom. The number of halogens is 1. The van der Waals surface area contributed by atoms with E-state index in [9.17, 15) is 4.39 Å². The van der Waals surface area contributed by atoms with Crippen molar-refractivity contribution in [3.05, 3.63) is 29.6 Å². The van der Waals surface area contributed by atoms with Gasteiger partial charge >= 0.3 is 0 Å². The SMILES string of the molecule is COc1c(F)cccc1[C@H](N)CCN. The minimum Gasteiger partial charge on any atom is -0.493 e. The van der Waals surface area contributed by atoms with Gasteiger partial charge in [-0.3, -0.25) is 0 Å². The molecule has 0 fully saturated rings. The Morgan fingerprint density at radius 3 is 2.79 bits per heavy atom. The van der Waals surface area contributed by atoms with Gasteiger partial charge in [0.05, 0.1) is 7.11 Å². The van der Waals surface area contributed by atoms with Gasteiger partial charge in [-0.25, -0.2) is 4.39 Å². The third-order valence-corrected chi connectivity index (χ3v) is 2.08. The van der Waals surface area contributed by atoms with Crippen molar-refractivity contribution in [2.24, 2.45) is 11.5 Å². The third-order valence-electron chi connectivity index (χ3n) is 2.08. The summed E-state index contributed by atoms with van der Waals surface area (Å²) in [7, 11) is 1.43. The number of benzene rings is 1. The maximum Gasteiger partial charge on any atom is 0.165 e. The molecule has 0 saturated carbocycles. The molecular formula is C10H15FN2O. The summed E-state index contributed by atoms with van der Waals surface area (Å²) in [6.45, 7) is 0.473. The van der Waals surface area contributed by atoms with E-state index in [0.29, 0.717) is 18.5 Å². The van der Waals surface area contributed by atoms with Crippen LogP contribution in [0.15, 0.2) is 18.2 Å². The van der Waals surface area contributed by atoms with Crippen LogP contribution in [0.5, 0.6) is 5.75 Å². The van der Waals surface area contributed by atoms with Crippen molar-refractivity contribution in [2.45, 2.75) is 12.5 Å². The van der Waals surface area contributed by atoms with Crippen LogP contribution in [0.1, 0.15) is 18.0 Å². The van der Waals surface area contributed by atoms with E-state index in [1.54, 1.807) is 12.1 Å². The zero-order valence-electron chi connectivity index (χ0n) is 8.16. The van der Waals surface area contributed by atoms with Gasteiger partial charge in [-0.2, -0.15) is 0 Å². The average molecular weight is 198 g/mol. The molecule has 1 aromatic rings. The molecule has 1 rings (SSSR count). The Balaban J connectivity index is 3.00. The summed E-state index contributed by atoms with van der Waals surface area (Å²) in [5, 5.41) is 0. The molecule has 0 aliphatic rings. The fourth-order valence-electron chi connectivity index (χ4n) is 1.37.